The molecule has 1 fully saturated rings. The van der Waals surface area contributed by atoms with Crippen LogP contribution in [0, 0.1) is 0 Å². The lowest BCUT2D eigenvalue weighted by Crippen LogP contribution is -2.30. The molecule has 0 amide bonds. The number of anilines is 1. The molecule has 0 radical (unpaired) electrons. The van der Waals surface area contributed by atoms with Crippen molar-refractivity contribution < 1.29 is 18.6 Å². The van der Waals surface area contributed by atoms with Crippen molar-refractivity contribution in [3.05, 3.63) is 12.4 Å². The quantitative estimate of drug-likeness (QED) is 0.640. The Bertz CT molecular complexity index is 538. The zero-order chi connectivity index (χ0) is 14.8. The summed E-state index contributed by atoms with van der Waals surface area (Å²) < 4.78 is 25.5. The van der Waals surface area contributed by atoms with E-state index in [2.05, 4.69) is 15.3 Å². The Hall–Kier alpha value is -1.29. The van der Waals surface area contributed by atoms with E-state index in [9.17, 15) is 18.6 Å². The molecule has 0 aromatic carbocycles. The number of β-amino-alcohol motifs (C(OH)–C–C–N with tert-alkyl or cyclic N) is 2. The molecule has 3 N–H and O–H groups in total. The topological polar surface area (TPSA) is 116 Å². The van der Waals surface area contributed by atoms with Crippen molar-refractivity contribution in [2.24, 2.45) is 0 Å². The molecule has 2 unspecified atom stereocenters. The van der Waals surface area contributed by atoms with Gasteiger partial charge in [-0.15, -0.1) is 0 Å². The van der Waals surface area contributed by atoms with E-state index in [0.717, 1.165) is 10.7 Å². The van der Waals surface area contributed by atoms with Crippen molar-refractivity contribution in [2.45, 2.75) is 30.4 Å². The third-order valence-corrected chi connectivity index (χ3v) is 4.81. The fraction of sp³-hybridized carbons (Fsp3) is 0.636. The minimum absolute atomic E-state index is 0.0548. The summed E-state index contributed by atoms with van der Waals surface area (Å²) in [6.07, 6.45) is 1.23. The van der Waals surface area contributed by atoms with E-state index in [1.54, 1.807) is 0 Å². The Morgan fingerprint density at radius 3 is 2.35 bits per heavy atom. The Balaban J connectivity index is 2.14. The Kier molecular flexibility index (Phi) is 4.53. The first-order valence-corrected chi connectivity index (χ1v) is 7.81. The number of hydrogen-bond acceptors (Lipinski definition) is 7. The van der Waals surface area contributed by atoms with Crippen LogP contribution in [0.1, 0.15) is 13.3 Å². The van der Waals surface area contributed by atoms with Gasteiger partial charge in [0.2, 0.25) is 16.0 Å². The summed E-state index contributed by atoms with van der Waals surface area (Å²) >= 11 is 0. The highest BCUT2D eigenvalue weighted by Crippen LogP contribution is 2.20. The summed E-state index contributed by atoms with van der Waals surface area (Å²) in [5.41, 5.74) is 0. The van der Waals surface area contributed by atoms with Crippen molar-refractivity contribution in [2.75, 3.05) is 25.0 Å². The number of aliphatic hydroxyl groups excluding tert-OH is 2. The van der Waals surface area contributed by atoms with Crippen LogP contribution in [0.3, 0.4) is 0 Å². The highest BCUT2D eigenvalue weighted by atomic mass is 32.2. The van der Waals surface area contributed by atoms with Crippen molar-refractivity contribution in [1.82, 2.24) is 14.3 Å². The Labute approximate surface area is 117 Å². The Morgan fingerprint density at radius 1 is 1.30 bits per heavy atom. The lowest BCUT2D eigenvalue weighted by molar-refractivity contribution is 0.0572. The van der Waals surface area contributed by atoms with E-state index >= 15 is 0 Å². The Morgan fingerprint density at radius 2 is 1.85 bits per heavy atom. The SMILES string of the molecule is CCCNc1ncc(S(=O)(=O)N2CC(O)C(O)C2)cn1. The van der Waals surface area contributed by atoms with Gasteiger partial charge in [-0.05, 0) is 6.42 Å². The minimum atomic E-state index is -3.78. The number of nitrogens with one attached hydrogen (secondary N) is 1. The van der Waals surface area contributed by atoms with Crippen molar-refractivity contribution in [1.29, 1.82) is 0 Å². The van der Waals surface area contributed by atoms with Crippen LogP contribution < -0.4 is 5.32 Å². The second-order valence-electron chi connectivity index (χ2n) is 4.63. The third kappa shape index (κ3) is 3.06. The molecule has 2 rings (SSSR count). The van der Waals surface area contributed by atoms with Gasteiger partial charge in [-0.3, -0.25) is 0 Å². The first-order chi connectivity index (χ1) is 9.45. The monoisotopic (exact) mass is 302 g/mol. The molecular formula is C11H18N4O4S. The van der Waals surface area contributed by atoms with Gasteiger partial charge in [-0.25, -0.2) is 18.4 Å². The molecule has 0 saturated carbocycles. The van der Waals surface area contributed by atoms with Crippen molar-refractivity contribution in [3.63, 3.8) is 0 Å². The largest absolute Gasteiger partial charge is 0.389 e. The van der Waals surface area contributed by atoms with Crippen LogP contribution in [0.15, 0.2) is 17.3 Å². The molecule has 9 heteroatoms. The zero-order valence-electron chi connectivity index (χ0n) is 11.1. The molecule has 0 aliphatic carbocycles. The number of sulfonamides is 1. The maximum absolute atomic E-state index is 12.3. The predicted octanol–water partition coefficient (Wildman–Crippen LogP) is -0.975. The smallest absolute Gasteiger partial charge is 0.246 e. The van der Waals surface area contributed by atoms with Gasteiger partial charge in [-0.1, -0.05) is 6.92 Å². The van der Waals surface area contributed by atoms with Crippen LogP contribution in [-0.2, 0) is 10.0 Å². The summed E-state index contributed by atoms with van der Waals surface area (Å²) in [6.45, 7) is 2.45. The minimum Gasteiger partial charge on any atom is -0.389 e. The molecule has 1 aliphatic rings. The van der Waals surface area contributed by atoms with E-state index in [4.69, 9.17) is 0 Å². The molecule has 1 aromatic rings. The highest BCUT2D eigenvalue weighted by Gasteiger charge is 2.37. The summed E-state index contributed by atoms with van der Waals surface area (Å²) in [5.74, 6) is 0.368. The molecule has 20 heavy (non-hydrogen) atoms. The molecule has 2 atom stereocenters. The second-order valence-corrected chi connectivity index (χ2v) is 6.56. The van der Waals surface area contributed by atoms with Gasteiger partial charge in [0.15, 0.2) is 0 Å². The number of rotatable bonds is 5. The molecule has 8 nitrogen and oxygen atoms in total. The standard InChI is InChI=1S/C11H18N4O4S/c1-2-3-12-11-13-4-8(5-14-11)20(18,19)15-6-9(16)10(17)7-15/h4-5,9-10,16-17H,2-3,6-7H2,1H3,(H,12,13,14). The lowest BCUT2D eigenvalue weighted by atomic mass is 10.3. The number of nitrogens with zero attached hydrogens (tertiary/aromatic N) is 3. The third-order valence-electron chi connectivity index (χ3n) is 3.02. The van der Waals surface area contributed by atoms with Gasteiger partial charge in [0.05, 0.1) is 24.6 Å². The summed E-state index contributed by atoms with van der Waals surface area (Å²) in [6, 6.07) is 0. The van der Waals surface area contributed by atoms with Crippen LogP contribution in [-0.4, -0.2) is 64.7 Å². The van der Waals surface area contributed by atoms with Crippen LogP contribution in [0.25, 0.3) is 0 Å². The normalized spacial score (nSPS) is 23.9. The number of hydrogen-bond donors (Lipinski definition) is 3. The van der Waals surface area contributed by atoms with Crippen LogP contribution >= 0.6 is 0 Å². The maximum Gasteiger partial charge on any atom is 0.246 e. The van der Waals surface area contributed by atoms with E-state index < -0.39 is 22.2 Å². The molecule has 0 spiro atoms. The molecule has 2 heterocycles. The summed E-state index contributed by atoms with van der Waals surface area (Å²) in [4.78, 5) is 7.82. The van der Waals surface area contributed by atoms with Crippen LogP contribution in [0.2, 0.25) is 0 Å². The van der Waals surface area contributed by atoms with Gasteiger partial charge < -0.3 is 15.5 Å². The first-order valence-electron chi connectivity index (χ1n) is 6.37. The maximum atomic E-state index is 12.3. The van der Waals surface area contributed by atoms with Crippen LogP contribution in [0.4, 0.5) is 5.95 Å². The van der Waals surface area contributed by atoms with E-state index in [0.29, 0.717) is 12.5 Å². The van der Waals surface area contributed by atoms with E-state index in [1.165, 1.54) is 12.4 Å². The average Bonchev–Trinajstić information content (AvgIpc) is 2.77. The molecule has 1 aromatic heterocycles. The molecular weight excluding hydrogens is 284 g/mol. The number of aromatic nitrogens is 2. The molecule has 1 saturated heterocycles. The van der Waals surface area contributed by atoms with Gasteiger partial charge in [0, 0.05) is 19.6 Å². The van der Waals surface area contributed by atoms with E-state index in [1.807, 2.05) is 6.92 Å². The zero-order valence-corrected chi connectivity index (χ0v) is 11.9. The predicted molar refractivity (Wildman–Crippen MR) is 71.6 cm³/mol. The van der Waals surface area contributed by atoms with Crippen LogP contribution in [0.5, 0.6) is 0 Å². The van der Waals surface area contributed by atoms with Gasteiger partial charge >= 0.3 is 0 Å². The fourth-order valence-corrected chi connectivity index (χ4v) is 3.23. The summed E-state index contributed by atoms with van der Waals surface area (Å²) in [7, 11) is -3.78. The lowest BCUT2D eigenvalue weighted by Gasteiger charge is -2.15. The molecule has 1 aliphatic heterocycles. The van der Waals surface area contributed by atoms with Crippen molar-refractivity contribution >= 4 is 16.0 Å². The second kappa shape index (κ2) is 6.00. The van der Waals surface area contributed by atoms with Gasteiger partial charge in [0.25, 0.3) is 0 Å². The van der Waals surface area contributed by atoms with Gasteiger partial charge in [-0.2, -0.15) is 4.31 Å². The van der Waals surface area contributed by atoms with E-state index in [-0.39, 0.29) is 18.0 Å². The number of aliphatic hydroxyl groups is 2. The summed E-state index contributed by atoms with van der Waals surface area (Å²) in [5, 5.41) is 21.8. The highest BCUT2D eigenvalue weighted by molar-refractivity contribution is 7.89. The molecule has 112 valence electrons. The van der Waals surface area contributed by atoms with Gasteiger partial charge in [0.1, 0.15) is 4.90 Å². The fourth-order valence-electron chi connectivity index (χ4n) is 1.86. The average molecular weight is 302 g/mol. The molecule has 0 bridgehead atoms. The van der Waals surface area contributed by atoms with Crippen molar-refractivity contribution in [3.8, 4) is 0 Å². The first kappa shape index (κ1) is 15.1.